The van der Waals surface area contributed by atoms with Gasteiger partial charge >= 0.3 is 12.7 Å². The van der Waals surface area contributed by atoms with E-state index >= 15 is 0 Å². The number of carbonyl (C=O) groups is 1. The molecule has 6 heterocycles. The molecular weight excluding hydrogens is 562 g/mol. The van der Waals surface area contributed by atoms with Crippen molar-refractivity contribution < 1.29 is 32.5 Å². The minimum atomic E-state index is -2.75. The first-order valence-corrected chi connectivity index (χ1v) is 14.8. The molecule has 0 unspecified atom stereocenters. The summed E-state index contributed by atoms with van der Waals surface area (Å²) in [7, 11) is 1.72. The van der Waals surface area contributed by atoms with E-state index in [9.17, 15) is 13.6 Å². The molecule has 0 aromatic carbocycles. The third kappa shape index (κ3) is 6.30. The quantitative estimate of drug-likeness (QED) is 0.365. The van der Waals surface area contributed by atoms with Gasteiger partial charge in [0.1, 0.15) is 0 Å². The van der Waals surface area contributed by atoms with Crippen LogP contribution in [-0.2, 0) is 24.5 Å². The topological polar surface area (TPSA) is 93.9 Å². The molecule has 3 aromatic rings. The molecule has 0 radical (unpaired) electrons. The summed E-state index contributed by atoms with van der Waals surface area (Å²) in [6.07, 6.45) is 6.69. The summed E-state index contributed by atoms with van der Waals surface area (Å²) in [5.74, 6) is 0. The summed E-state index contributed by atoms with van der Waals surface area (Å²) < 4.78 is 47.9. The first-order chi connectivity index (χ1) is 20.8. The number of rotatable bonds is 9. The molecule has 0 bridgehead atoms. The molecule has 0 spiro atoms. The number of hydrogen-bond acceptors (Lipinski definition) is 9. The third-order valence-electron chi connectivity index (χ3n) is 8.91. The molecule has 3 saturated heterocycles. The van der Waals surface area contributed by atoms with Crippen LogP contribution < -0.4 is 4.90 Å². The summed E-state index contributed by atoms with van der Waals surface area (Å²) in [6.45, 7) is 4.08. The van der Waals surface area contributed by atoms with Gasteiger partial charge in [0, 0.05) is 82.1 Å². The third-order valence-corrected chi connectivity index (χ3v) is 8.91. The van der Waals surface area contributed by atoms with Gasteiger partial charge in [0.2, 0.25) is 0 Å². The number of ether oxygens (including phenoxy) is 4. The molecule has 1 amide bonds. The smallest absolute Gasteiger partial charge is 0.410 e. The fourth-order valence-electron chi connectivity index (χ4n) is 6.12. The highest BCUT2D eigenvalue weighted by molar-refractivity contribution is 5.79. The van der Waals surface area contributed by atoms with Crippen molar-refractivity contribution in [2.24, 2.45) is 0 Å². The summed E-state index contributed by atoms with van der Waals surface area (Å²) in [5, 5.41) is 4.52. The first kappa shape index (κ1) is 29.7. The van der Waals surface area contributed by atoms with Crippen molar-refractivity contribution in [3.05, 3.63) is 48.4 Å². The molecular formula is C30H38F2N6O5. The van der Waals surface area contributed by atoms with Crippen LogP contribution in [0.2, 0.25) is 0 Å². The predicted molar refractivity (Wildman–Crippen MR) is 154 cm³/mol. The predicted octanol–water partition coefficient (Wildman–Crippen LogP) is 3.62. The fourth-order valence-corrected chi connectivity index (χ4v) is 6.12. The van der Waals surface area contributed by atoms with Crippen LogP contribution in [0, 0.1) is 0 Å². The molecule has 0 saturated carbocycles. The number of nitrogens with zero attached hydrogens (tertiary/aromatic N) is 6. The maximum Gasteiger partial charge on any atom is 0.410 e. The van der Waals surface area contributed by atoms with Gasteiger partial charge in [-0.25, -0.2) is 9.31 Å². The van der Waals surface area contributed by atoms with Gasteiger partial charge in [-0.1, -0.05) is 6.07 Å². The maximum atomic E-state index is 12.5. The van der Waals surface area contributed by atoms with Crippen LogP contribution in [-0.4, -0.2) is 115 Å². The number of fused-ring (bicyclic) bond motifs is 1. The minimum Gasteiger partial charge on any atom is -0.441 e. The number of hydrogen-bond donors (Lipinski definition) is 0. The van der Waals surface area contributed by atoms with Gasteiger partial charge in [-0.15, -0.1) is 0 Å². The number of likely N-dealkylation sites (tertiary alicyclic amines) is 1. The largest absolute Gasteiger partial charge is 0.441 e. The highest BCUT2D eigenvalue weighted by Gasteiger charge is 2.38. The van der Waals surface area contributed by atoms with Crippen molar-refractivity contribution in [1.82, 2.24) is 24.4 Å². The number of piperazine rings is 1. The van der Waals surface area contributed by atoms with Crippen LogP contribution in [0.25, 0.3) is 16.8 Å². The van der Waals surface area contributed by atoms with E-state index in [0.717, 1.165) is 40.9 Å². The zero-order valence-corrected chi connectivity index (χ0v) is 24.5. The number of alkyl halides is 2. The molecule has 0 N–H and O–H groups in total. The molecule has 11 nitrogen and oxygen atoms in total. The lowest BCUT2D eigenvalue weighted by Gasteiger charge is -2.43. The Kier molecular flexibility index (Phi) is 8.75. The summed E-state index contributed by atoms with van der Waals surface area (Å²) in [6, 6.07) is 8.07. The SMILES string of the molecule is COC1(c2ccc(-c3cc4c(N5CCN(C(=O)OC6COC6)CC5)ccnn4c3)nc2)CCN([C@@H](C)COC(F)F)CC1. The van der Waals surface area contributed by atoms with Crippen molar-refractivity contribution in [3.8, 4) is 11.3 Å². The Balaban J connectivity index is 1.11. The zero-order chi connectivity index (χ0) is 30.0. The highest BCUT2D eigenvalue weighted by Crippen LogP contribution is 2.37. The van der Waals surface area contributed by atoms with Gasteiger partial charge in [0.05, 0.1) is 42.3 Å². The number of amides is 1. The van der Waals surface area contributed by atoms with Crippen molar-refractivity contribution in [3.63, 3.8) is 0 Å². The molecule has 232 valence electrons. The maximum absolute atomic E-state index is 12.5. The summed E-state index contributed by atoms with van der Waals surface area (Å²) in [5.41, 5.74) is 4.32. The number of anilines is 1. The molecule has 3 aliphatic heterocycles. The average molecular weight is 601 g/mol. The van der Waals surface area contributed by atoms with Crippen LogP contribution >= 0.6 is 0 Å². The van der Waals surface area contributed by atoms with Crippen LogP contribution in [0.1, 0.15) is 25.3 Å². The van der Waals surface area contributed by atoms with Crippen molar-refractivity contribution in [1.29, 1.82) is 0 Å². The van der Waals surface area contributed by atoms with Crippen molar-refractivity contribution in [2.45, 2.75) is 44.1 Å². The van der Waals surface area contributed by atoms with Crippen LogP contribution in [0.3, 0.4) is 0 Å². The van der Waals surface area contributed by atoms with Crippen LogP contribution in [0.15, 0.2) is 42.9 Å². The molecule has 3 aromatic heterocycles. The Morgan fingerprint density at radius 3 is 2.51 bits per heavy atom. The van der Waals surface area contributed by atoms with E-state index < -0.39 is 12.2 Å². The van der Waals surface area contributed by atoms with Gasteiger partial charge < -0.3 is 28.7 Å². The number of halogens is 2. The first-order valence-electron chi connectivity index (χ1n) is 14.8. The standard InChI is InChI=1S/C30H38F2N6O5/c1-21(18-42-28(31)32)35-9-6-30(40-2,7-10-35)23-3-4-25(33-16-23)22-15-27-26(5-8-34-38(27)17-22)36-11-13-37(14-12-36)29(39)43-24-19-41-20-24/h3-5,8,15-17,21,24,28H,6-7,9-14,18-20H2,1-2H3/t21-/m0/s1. The lowest BCUT2D eigenvalue weighted by atomic mass is 9.84. The average Bonchev–Trinajstić information content (AvgIpc) is 3.46. The van der Waals surface area contributed by atoms with Crippen LogP contribution in [0.4, 0.5) is 19.3 Å². The van der Waals surface area contributed by atoms with Gasteiger partial charge in [0.15, 0.2) is 6.10 Å². The second-order valence-electron chi connectivity index (χ2n) is 11.4. The normalized spacial score (nSPS) is 20.4. The number of methoxy groups -OCH3 is 1. The summed E-state index contributed by atoms with van der Waals surface area (Å²) in [4.78, 5) is 23.4. The molecule has 6 rings (SSSR count). The number of aromatic nitrogens is 3. The molecule has 1 atom stereocenters. The highest BCUT2D eigenvalue weighted by atomic mass is 19.3. The van der Waals surface area contributed by atoms with E-state index in [1.807, 2.05) is 36.0 Å². The number of pyridine rings is 1. The van der Waals surface area contributed by atoms with Crippen LogP contribution in [0.5, 0.6) is 0 Å². The molecule has 3 fully saturated rings. The Morgan fingerprint density at radius 1 is 1.12 bits per heavy atom. The van der Waals surface area contributed by atoms with Gasteiger partial charge in [-0.2, -0.15) is 13.9 Å². The molecule has 3 aliphatic rings. The fraction of sp³-hybridized carbons (Fsp3) is 0.567. The Morgan fingerprint density at radius 2 is 1.88 bits per heavy atom. The van der Waals surface area contributed by atoms with E-state index in [-0.39, 0.29) is 24.8 Å². The van der Waals surface area contributed by atoms with Crippen molar-refractivity contribution >= 4 is 17.3 Å². The second kappa shape index (κ2) is 12.7. The number of carbonyl (C=O) groups excluding carboxylic acids is 1. The Labute approximate surface area is 249 Å². The number of piperidine rings is 1. The Bertz CT molecular complexity index is 1390. The molecule has 43 heavy (non-hydrogen) atoms. The minimum absolute atomic E-state index is 0.00209. The second-order valence-corrected chi connectivity index (χ2v) is 11.4. The van der Waals surface area contributed by atoms with E-state index in [0.29, 0.717) is 52.5 Å². The monoisotopic (exact) mass is 600 g/mol. The zero-order valence-electron chi connectivity index (χ0n) is 24.5. The Hall–Kier alpha value is -3.39. The summed E-state index contributed by atoms with van der Waals surface area (Å²) >= 11 is 0. The van der Waals surface area contributed by atoms with Gasteiger partial charge in [-0.3, -0.25) is 9.88 Å². The van der Waals surface area contributed by atoms with E-state index in [1.165, 1.54) is 0 Å². The lowest BCUT2D eigenvalue weighted by Crippen LogP contribution is -2.51. The van der Waals surface area contributed by atoms with E-state index in [1.54, 1.807) is 18.2 Å². The lowest BCUT2D eigenvalue weighted by molar-refractivity contribution is -0.145. The molecule has 13 heteroatoms. The van der Waals surface area contributed by atoms with E-state index in [4.69, 9.17) is 19.2 Å². The van der Waals surface area contributed by atoms with Crippen molar-refractivity contribution in [2.75, 3.05) is 71.1 Å². The molecule has 0 aliphatic carbocycles. The van der Waals surface area contributed by atoms with Gasteiger partial charge in [-0.05, 0) is 38.0 Å². The van der Waals surface area contributed by atoms with Gasteiger partial charge in [0.25, 0.3) is 0 Å². The van der Waals surface area contributed by atoms with E-state index in [2.05, 4.69) is 31.8 Å².